The summed E-state index contributed by atoms with van der Waals surface area (Å²) < 4.78 is 9.84. The molecule has 0 N–H and O–H groups in total. The van der Waals surface area contributed by atoms with Crippen LogP contribution in [0.1, 0.15) is 31.2 Å². The van der Waals surface area contributed by atoms with E-state index in [9.17, 15) is 0 Å². The average molecular weight is 905 g/mol. The zero-order valence-corrected chi connectivity index (χ0v) is 33.8. The number of imidazole rings is 1. The van der Waals surface area contributed by atoms with Crippen LogP contribution in [0.15, 0.2) is 132 Å². The van der Waals surface area contributed by atoms with Crippen molar-refractivity contribution >= 4 is 50.6 Å². The number of aromatic nitrogens is 3. The standard InChI is InChI=1S/C25H15N2O.C20H26GeN.Ir/c1-2-8-18(9-3-1)27-22-12-6-5-11-21(22)26-25(27)17-14-15-20-19-10-4-7-13-23(19)28-24(20)16-17;1-21(2,3)19-15-22-20(17-11-5-4-6-12-17)14-18(19)13-16-9-7-8-10-16;/h1-13,15-16H;4-6,11,14-16H,7-10,13H2,1-3H3;/q2*-1;. The zero-order chi connectivity index (χ0) is 34.1. The Bertz CT molecular complexity index is 2400. The Balaban J connectivity index is 0.000000161. The van der Waals surface area contributed by atoms with Crippen LogP contribution in [-0.2, 0) is 26.5 Å². The second kappa shape index (κ2) is 15.1. The molecule has 6 heteroatoms. The Morgan fingerprint density at radius 1 is 0.765 bits per heavy atom. The van der Waals surface area contributed by atoms with Gasteiger partial charge in [-0.2, -0.15) is 0 Å². The predicted octanol–water partition coefficient (Wildman–Crippen LogP) is 11.2. The molecule has 0 aliphatic heterocycles. The van der Waals surface area contributed by atoms with Crippen LogP contribution in [0.3, 0.4) is 0 Å². The Kier molecular flexibility index (Phi) is 10.4. The molecule has 0 spiro atoms. The zero-order valence-electron chi connectivity index (χ0n) is 29.3. The Morgan fingerprint density at radius 2 is 1.51 bits per heavy atom. The van der Waals surface area contributed by atoms with E-state index < -0.39 is 13.3 Å². The number of benzene rings is 5. The number of nitrogens with zero attached hydrogens (tertiary/aromatic N) is 3. The molecule has 9 rings (SSSR count). The fourth-order valence-electron chi connectivity index (χ4n) is 7.40. The van der Waals surface area contributed by atoms with Gasteiger partial charge in [-0.3, -0.25) is 4.98 Å². The van der Waals surface area contributed by atoms with E-state index in [1.807, 2.05) is 78.9 Å². The van der Waals surface area contributed by atoms with Gasteiger partial charge >= 0.3 is 137 Å². The molecule has 1 aliphatic rings. The molecule has 3 heterocycles. The summed E-state index contributed by atoms with van der Waals surface area (Å²) in [5.74, 6) is 9.17. The van der Waals surface area contributed by atoms with Crippen LogP contribution in [0.4, 0.5) is 0 Å². The first-order valence-corrected chi connectivity index (χ1v) is 25.1. The van der Waals surface area contributed by atoms with Crippen molar-refractivity contribution in [2.24, 2.45) is 5.92 Å². The molecule has 8 aromatic rings. The minimum Gasteiger partial charge on any atom is -0.476 e. The molecule has 1 fully saturated rings. The van der Waals surface area contributed by atoms with E-state index in [4.69, 9.17) is 14.4 Å². The van der Waals surface area contributed by atoms with E-state index in [0.717, 1.165) is 67.2 Å². The van der Waals surface area contributed by atoms with Gasteiger partial charge in [-0.25, -0.2) is 0 Å². The second-order valence-electron chi connectivity index (χ2n) is 14.4. The molecule has 5 aromatic carbocycles. The topological polar surface area (TPSA) is 43.9 Å². The Hall–Kier alpha value is -4.29. The number of pyridine rings is 1. The minimum atomic E-state index is -1.87. The molecule has 4 nitrogen and oxygen atoms in total. The van der Waals surface area contributed by atoms with Gasteiger partial charge in [0, 0.05) is 25.8 Å². The number of hydrogen-bond donors (Lipinski definition) is 0. The molecule has 0 bridgehead atoms. The molecule has 0 amide bonds. The van der Waals surface area contributed by atoms with Crippen molar-refractivity contribution in [2.45, 2.75) is 49.4 Å². The molecule has 0 atom stereocenters. The summed E-state index contributed by atoms with van der Waals surface area (Å²) in [6, 6.07) is 47.9. The molecule has 1 saturated carbocycles. The van der Waals surface area contributed by atoms with Gasteiger partial charge in [0.15, 0.2) is 0 Å². The van der Waals surface area contributed by atoms with Gasteiger partial charge in [0.25, 0.3) is 0 Å². The van der Waals surface area contributed by atoms with Crippen LogP contribution in [0.2, 0.25) is 17.3 Å². The fraction of sp³-hybridized carbons (Fsp3) is 0.200. The number of hydrogen-bond acceptors (Lipinski definition) is 3. The number of furan rings is 1. The summed E-state index contributed by atoms with van der Waals surface area (Å²) in [5, 5.41) is 2.18. The Morgan fingerprint density at radius 3 is 2.29 bits per heavy atom. The maximum absolute atomic E-state index is 6.08. The third-order valence-corrected chi connectivity index (χ3v) is 14.2. The summed E-state index contributed by atoms with van der Waals surface area (Å²) in [7, 11) is 0. The Labute approximate surface area is 316 Å². The molecule has 0 unspecified atom stereocenters. The fourth-order valence-corrected chi connectivity index (χ4v) is 10.7. The molecule has 1 aliphatic carbocycles. The number of fused-ring (bicyclic) bond motifs is 4. The van der Waals surface area contributed by atoms with E-state index in [1.165, 1.54) is 32.1 Å². The SMILES string of the molecule is [CH3][Ge]([CH3])([CH3])[c]1cnc(-c2[c-]cccc2)cc1CC1CCCC1.[Ir].[c-]1cc2c(cc1-c1nc3ccccc3n1-c1ccccc1)oc1ccccc12. The summed E-state index contributed by atoms with van der Waals surface area (Å²) in [6.07, 6.45) is 9.08. The first-order chi connectivity index (χ1) is 24.4. The van der Waals surface area contributed by atoms with Crippen LogP contribution in [0, 0.1) is 18.1 Å². The largest absolute Gasteiger partial charge is 0.476 e. The first kappa shape index (κ1) is 35.1. The maximum atomic E-state index is 6.08. The van der Waals surface area contributed by atoms with Crippen LogP contribution < -0.4 is 4.40 Å². The van der Waals surface area contributed by atoms with E-state index in [2.05, 4.69) is 82.6 Å². The quantitative estimate of drug-likeness (QED) is 0.123. The van der Waals surface area contributed by atoms with Crippen LogP contribution in [0.25, 0.3) is 61.3 Å². The number of rotatable bonds is 6. The molecule has 51 heavy (non-hydrogen) atoms. The van der Waals surface area contributed by atoms with E-state index in [1.54, 1.807) is 9.96 Å². The monoisotopic (exact) mass is 906 g/mol. The van der Waals surface area contributed by atoms with Crippen molar-refractivity contribution in [3.8, 4) is 28.3 Å². The van der Waals surface area contributed by atoms with Crippen molar-refractivity contribution in [2.75, 3.05) is 0 Å². The van der Waals surface area contributed by atoms with Crippen molar-refractivity contribution < 1.29 is 24.5 Å². The van der Waals surface area contributed by atoms with Gasteiger partial charge in [-0.1, -0.05) is 60.0 Å². The van der Waals surface area contributed by atoms with Crippen molar-refractivity contribution in [1.82, 2.24) is 14.5 Å². The minimum absolute atomic E-state index is 0. The third-order valence-electron chi connectivity index (χ3n) is 9.89. The molecule has 257 valence electrons. The molecular formula is C45H41GeIrN3O-2. The smallest absolute Gasteiger partial charge is 0.123 e. The summed E-state index contributed by atoms with van der Waals surface area (Å²) in [6.45, 7) is 0. The van der Waals surface area contributed by atoms with Gasteiger partial charge in [0.2, 0.25) is 0 Å². The van der Waals surface area contributed by atoms with Gasteiger partial charge in [-0.05, 0) is 35.7 Å². The molecule has 3 aromatic heterocycles. The van der Waals surface area contributed by atoms with Crippen LogP contribution in [-0.4, -0.2) is 27.8 Å². The maximum Gasteiger partial charge on any atom is 0.123 e. The van der Waals surface area contributed by atoms with Gasteiger partial charge < -0.3 is 8.98 Å². The van der Waals surface area contributed by atoms with Gasteiger partial charge in [-0.15, -0.1) is 17.7 Å². The summed E-state index contributed by atoms with van der Waals surface area (Å²) in [5.41, 5.74) is 9.52. The molecule has 1 radical (unpaired) electrons. The summed E-state index contributed by atoms with van der Waals surface area (Å²) in [4.78, 5) is 9.68. The second-order valence-corrected chi connectivity index (χ2v) is 25.0. The third kappa shape index (κ3) is 7.39. The van der Waals surface area contributed by atoms with E-state index in [-0.39, 0.29) is 20.1 Å². The van der Waals surface area contributed by atoms with Gasteiger partial charge in [0.1, 0.15) is 5.58 Å². The summed E-state index contributed by atoms with van der Waals surface area (Å²) >= 11 is -1.87. The molecule has 0 saturated heterocycles. The average Bonchev–Trinajstić information content (AvgIpc) is 3.89. The van der Waals surface area contributed by atoms with Crippen molar-refractivity contribution in [3.05, 3.63) is 145 Å². The number of para-hydroxylation sites is 4. The first-order valence-electron chi connectivity index (χ1n) is 17.7. The normalized spacial score (nSPS) is 13.3. The van der Waals surface area contributed by atoms with Crippen LogP contribution >= 0.6 is 0 Å². The van der Waals surface area contributed by atoms with E-state index in [0.29, 0.717) is 0 Å². The van der Waals surface area contributed by atoms with Gasteiger partial charge in [0.05, 0.1) is 22.4 Å². The van der Waals surface area contributed by atoms with E-state index >= 15 is 0 Å². The van der Waals surface area contributed by atoms with Crippen LogP contribution in [0.5, 0.6) is 0 Å². The van der Waals surface area contributed by atoms with Crippen molar-refractivity contribution in [1.29, 1.82) is 0 Å². The predicted molar refractivity (Wildman–Crippen MR) is 210 cm³/mol. The van der Waals surface area contributed by atoms with Crippen molar-refractivity contribution in [3.63, 3.8) is 0 Å². The molecular weight excluding hydrogens is 863 g/mol.